The molecule has 0 aromatic heterocycles. The lowest BCUT2D eigenvalue weighted by atomic mass is 11.3. The first kappa shape index (κ1) is 9.84. The summed E-state index contributed by atoms with van der Waals surface area (Å²) in [6.07, 6.45) is 0. The van der Waals surface area contributed by atoms with Gasteiger partial charge in [-0.3, -0.25) is 4.90 Å². The third-order valence-corrected chi connectivity index (χ3v) is 1.25. The van der Waals surface area contributed by atoms with Gasteiger partial charge in [0.25, 0.3) is 0 Å². The normalized spacial score (nSPS) is 10.8. The Kier molecular flexibility index (Phi) is 6.84. The molecule has 0 bridgehead atoms. The Balaban J connectivity index is 3.30. The van der Waals surface area contributed by atoms with Gasteiger partial charge in [0.05, 0.1) is 19.8 Å². The number of hydrogen-bond donors (Lipinski definition) is 3. The van der Waals surface area contributed by atoms with Crippen LogP contribution in [0.1, 0.15) is 0 Å². The van der Waals surface area contributed by atoms with Crippen LogP contribution in [0, 0.1) is 0 Å². The van der Waals surface area contributed by atoms with Gasteiger partial charge < -0.3 is 15.3 Å². The van der Waals surface area contributed by atoms with Crippen molar-refractivity contribution in [3.05, 3.63) is 0 Å². The summed E-state index contributed by atoms with van der Waals surface area (Å²) >= 11 is 0. The summed E-state index contributed by atoms with van der Waals surface area (Å²) in [5.74, 6) is 0. The van der Waals surface area contributed by atoms with Gasteiger partial charge in [-0.15, -0.1) is 0 Å². The van der Waals surface area contributed by atoms with Crippen molar-refractivity contribution in [2.75, 3.05) is 39.5 Å². The predicted molar refractivity (Wildman–Crippen MR) is 37.7 cm³/mol. The van der Waals surface area contributed by atoms with Gasteiger partial charge in [-0.2, -0.15) is 0 Å². The van der Waals surface area contributed by atoms with E-state index in [1.807, 2.05) is 0 Å². The molecule has 0 amide bonds. The molecular weight excluding hydrogens is 140 g/mol. The lowest BCUT2D eigenvalue weighted by Gasteiger charge is -2.17. The summed E-state index contributed by atoms with van der Waals surface area (Å²) in [7, 11) is 0. The van der Waals surface area contributed by atoms with Gasteiger partial charge >= 0.3 is 0 Å². The zero-order chi connectivity index (χ0) is 7.82. The van der Waals surface area contributed by atoms with Gasteiger partial charge in [0.2, 0.25) is 0 Å². The van der Waals surface area contributed by atoms with Crippen LogP contribution in [0.3, 0.4) is 0 Å². The minimum atomic E-state index is 0.0694. The Morgan fingerprint density at radius 2 is 1.00 bits per heavy atom. The van der Waals surface area contributed by atoms with E-state index in [0.29, 0.717) is 19.6 Å². The summed E-state index contributed by atoms with van der Waals surface area (Å²) in [6, 6.07) is 0. The second kappa shape index (κ2) is 6.95. The SMILES string of the molecule is O[13CH2][13CH2]N([13CH2][13CH2]O)[13CH2][13CH2]O. The van der Waals surface area contributed by atoms with Crippen molar-refractivity contribution < 1.29 is 15.3 Å². The molecule has 10 heavy (non-hydrogen) atoms. The van der Waals surface area contributed by atoms with E-state index in [1.165, 1.54) is 0 Å². The first-order valence-corrected chi connectivity index (χ1v) is 3.40. The Labute approximate surface area is 60.7 Å². The summed E-state index contributed by atoms with van der Waals surface area (Å²) in [4.78, 5) is 1.79. The first-order valence-electron chi connectivity index (χ1n) is 3.40. The molecule has 4 heteroatoms. The maximum Gasteiger partial charge on any atom is 0.0558 e. The van der Waals surface area contributed by atoms with E-state index in [9.17, 15) is 0 Å². The topological polar surface area (TPSA) is 63.9 Å². The fourth-order valence-corrected chi connectivity index (χ4v) is 0.760. The minimum Gasteiger partial charge on any atom is -0.395 e. The van der Waals surface area contributed by atoms with Crippen LogP contribution in [0.5, 0.6) is 0 Å². The predicted octanol–water partition coefficient (Wildman–Crippen LogP) is -1.73. The Bertz CT molecular complexity index is 55.7. The van der Waals surface area contributed by atoms with E-state index in [0.717, 1.165) is 0 Å². The monoisotopic (exact) mass is 155 g/mol. The molecule has 3 N–H and O–H groups in total. The second-order valence-corrected chi connectivity index (χ2v) is 2.01. The zero-order valence-corrected chi connectivity index (χ0v) is 6.03. The molecule has 62 valence electrons. The fraction of sp³-hybridized carbons (Fsp3) is 1.00. The fourth-order valence-electron chi connectivity index (χ4n) is 0.760. The van der Waals surface area contributed by atoms with Crippen LogP contribution in [0.4, 0.5) is 0 Å². The molecule has 0 radical (unpaired) electrons. The van der Waals surface area contributed by atoms with Gasteiger partial charge in [0.1, 0.15) is 0 Å². The van der Waals surface area contributed by atoms with Crippen LogP contribution in [-0.4, -0.2) is 59.7 Å². The van der Waals surface area contributed by atoms with Crippen LogP contribution >= 0.6 is 0 Å². The molecule has 0 aliphatic rings. The second-order valence-electron chi connectivity index (χ2n) is 2.01. The average molecular weight is 155 g/mol. The lowest BCUT2D eigenvalue weighted by molar-refractivity contribution is 0.136. The molecule has 4 nitrogen and oxygen atoms in total. The largest absolute Gasteiger partial charge is 0.395 e. The average Bonchev–Trinajstić information content (AvgIpc) is 1.90. The summed E-state index contributed by atoms with van der Waals surface area (Å²) in [5, 5.41) is 25.5. The van der Waals surface area contributed by atoms with Crippen molar-refractivity contribution in [1.29, 1.82) is 0 Å². The molecular formula is C6H15NO3. The molecule has 0 rings (SSSR count). The highest BCUT2D eigenvalue weighted by molar-refractivity contribution is 4.54. The quantitative estimate of drug-likeness (QED) is 0.399. The molecule has 0 aromatic carbocycles. The summed E-state index contributed by atoms with van der Waals surface area (Å²) < 4.78 is 0. The molecule has 0 atom stereocenters. The van der Waals surface area contributed by atoms with Gasteiger partial charge in [-0.1, -0.05) is 0 Å². The maximum absolute atomic E-state index is 8.48. The Morgan fingerprint density at radius 1 is 0.700 bits per heavy atom. The molecule has 0 unspecified atom stereocenters. The minimum absolute atomic E-state index is 0.0694. The van der Waals surface area contributed by atoms with Crippen molar-refractivity contribution in [3.8, 4) is 0 Å². The van der Waals surface area contributed by atoms with E-state index < -0.39 is 0 Å². The molecule has 0 aromatic rings. The van der Waals surface area contributed by atoms with Gasteiger partial charge in [0, 0.05) is 19.6 Å². The van der Waals surface area contributed by atoms with Crippen molar-refractivity contribution in [1.82, 2.24) is 4.90 Å². The van der Waals surface area contributed by atoms with E-state index in [1.54, 1.807) is 4.90 Å². The number of aliphatic hydroxyl groups is 3. The van der Waals surface area contributed by atoms with E-state index in [2.05, 4.69) is 0 Å². The number of aliphatic hydroxyl groups excluding tert-OH is 3. The molecule has 0 spiro atoms. The standard InChI is InChI=1S/C6H15NO3/c8-4-1-7(2-5-9)3-6-10/h8-10H,1-6H2/i1+1,2+1,3+1,4+1,5+1,6+1. The van der Waals surface area contributed by atoms with Gasteiger partial charge in [0.15, 0.2) is 0 Å². The zero-order valence-electron chi connectivity index (χ0n) is 6.03. The molecule has 0 aliphatic carbocycles. The van der Waals surface area contributed by atoms with Crippen molar-refractivity contribution >= 4 is 0 Å². The lowest BCUT2D eigenvalue weighted by Crippen LogP contribution is -2.32. The van der Waals surface area contributed by atoms with Crippen molar-refractivity contribution in [2.24, 2.45) is 0 Å². The molecule has 0 saturated carbocycles. The third kappa shape index (κ3) is 4.69. The van der Waals surface area contributed by atoms with E-state index in [4.69, 9.17) is 15.3 Å². The number of hydrogen-bond acceptors (Lipinski definition) is 4. The van der Waals surface area contributed by atoms with Crippen molar-refractivity contribution in [2.45, 2.75) is 0 Å². The smallest absolute Gasteiger partial charge is 0.0558 e. The Hall–Kier alpha value is -0.160. The van der Waals surface area contributed by atoms with Crippen molar-refractivity contribution in [3.63, 3.8) is 0 Å². The van der Waals surface area contributed by atoms with Crippen LogP contribution in [0.25, 0.3) is 0 Å². The number of rotatable bonds is 6. The molecule has 0 fully saturated rings. The maximum atomic E-state index is 8.48. The molecule has 0 heterocycles. The molecule has 0 aliphatic heterocycles. The first-order chi connectivity index (χ1) is 4.85. The van der Waals surface area contributed by atoms with Crippen LogP contribution in [-0.2, 0) is 0 Å². The van der Waals surface area contributed by atoms with Crippen LogP contribution in [0.15, 0.2) is 0 Å². The highest BCUT2D eigenvalue weighted by atomic mass is 16.4. The van der Waals surface area contributed by atoms with Gasteiger partial charge in [-0.25, -0.2) is 0 Å². The third-order valence-electron chi connectivity index (χ3n) is 1.25. The highest BCUT2D eigenvalue weighted by Crippen LogP contribution is 1.84. The highest BCUT2D eigenvalue weighted by Gasteiger charge is 2.00. The van der Waals surface area contributed by atoms with E-state index in [-0.39, 0.29) is 19.8 Å². The van der Waals surface area contributed by atoms with Crippen LogP contribution < -0.4 is 0 Å². The van der Waals surface area contributed by atoms with Crippen LogP contribution in [0.2, 0.25) is 0 Å². The summed E-state index contributed by atoms with van der Waals surface area (Å²) in [6.45, 7) is 1.75. The molecule has 0 saturated heterocycles. The number of nitrogens with zero attached hydrogens (tertiary/aromatic N) is 1. The Morgan fingerprint density at radius 3 is 1.20 bits per heavy atom. The van der Waals surface area contributed by atoms with E-state index >= 15 is 0 Å². The summed E-state index contributed by atoms with van der Waals surface area (Å²) in [5.41, 5.74) is 0. The van der Waals surface area contributed by atoms with Gasteiger partial charge in [-0.05, 0) is 0 Å².